The van der Waals surface area contributed by atoms with Crippen LogP contribution in [0.1, 0.15) is 27.2 Å². The van der Waals surface area contributed by atoms with E-state index in [0.29, 0.717) is 24.2 Å². The summed E-state index contributed by atoms with van der Waals surface area (Å²) < 4.78 is 40.7. The molecule has 160 valence electrons. The molecule has 0 amide bonds. The van der Waals surface area contributed by atoms with E-state index >= 15 is 0 Å². The Morgan fingerprint density at radius 1 is 0.781 bits per heavy atom. The van der Waals surface area contributed by atoms with Crippen LogP contribution >= 0.6 is 0 Å². The van der Waals surface area contributed by atoms with Gasteiger partial charge in [0.05, 0.1) is 11.2 Å². The van der Waals surface area contributed by atoms with E-state index in [-0.39, 0.29) is 17.5 Å². The fraction of sp³-hybridized carbons (Fsp3) is 0.0769. The van der Waals surface area contributed by atoms with Crippen molar-refractivity contribution in [2.45, 2.75) is 13.0 Å². The SMILES string of the molecule is O=CC1=Cc2ccc(F)cc2C1.O=Cc1cc2ccc(F)cc2n1Cc1ccc(F)cc1. The first kappa shape index (κ1) is 21.3. The number of benzene rings is 3. The first-order chi connectivity index (χ1) is 15.5. The maximum Gasteiger partial charge on any atom is 0.166 e. The minimum atomic E-state index is -0.353. The van der Waals surface area contributed by atoms with Crippen LogP contribution in [0.2, 0.25) is 0 Å². The van der Waals surface area contributed by atoms with Gasteiger partial charge in [-0.05, 0) is 76.9 Å². The number of aldehydes is 2. The lowest BCUT2D eigenvalue weighted by Crippen LogP contribution is -2.03. The monoisotopic (exact) mass is 433 g/mol. The number of rotatable bonds is 4. The number of halogens is 3. The van der Waals surface area contributed by atoms with Crippen LogP contribution in [-0.2, 0) is 17.8 Å². The molecule has 1 heterocycles. The number of aromatic nitrogens is 1. The van der Waals surface area contributed by atoms with E-state index in [2.05, 4.69) is 0 Å². The summed E-state index contributed by atoms with van der Waals surface area (Å²) in [5, 5.41) is 0.801. The Kier molecular flexibility index (Phi) is 6.03. The molecule has 0 spiro atoms. The van der Waals surface area contributed by atoms with Crippen LogP contribution in [0.25, 0.3) is 17.0 Å². The maximum absolute atomic E-state index is 13.4. The van der Waals surface area contributed by atoms with Gasteiger partial charge in [0.1, 0.15) is 23.7 Å². The second kappa shape index (κ2) is 9.06. The third kappa shape index (κ3) is 4.54. The molecule has 6 heteroatoms. The predicted molar refractivity (Wildman–Crippen MR) is 117 cm³/mol. The van der Waals surface area contributed by atoms with Gasteiger partial charge in [-0.1, -0.05) is 18.2 Å². The molecule has 0 bridgehead atoms. The number of carbonyl (C=O) groups is 2. The maximum atomic E-state index is 13.4. The van der Waals surface area contributed by atoms with Crippen molar-refractivity contribution in [2.24, 2.45) is 0 Å². The highest BCUT2D eigenvalue weighted by molar-refractivity contribution is 5.89. The highest BCUT2D eigenvalue weighted by Gasteiger charge is 2.12. The lowest BCUT2D eigenvalue weighted by molar-refractivity contribution is -0.104. The van der Waals surface area contributed by atoms with Gasteiger partial charge >= 0.3 is 0 Å². The van der Waals surface area contributed by atoms with E-state index in [1.54, 1.807) is 41.0 Å². The Morgan fingerprint density at radius 2 is 1.47 bits per heavy atom. The zero-order valence-corrected chi connectivity index (χ0v) is 16.9. The molecule has 0 unspecified atom stereocenters. The average molecular weight is 433 g/mol. The van der Waals surface area contributed by atoms with E-state index < -0.39 is 0 Å². The van der Waals surface area contributed by atoms with Crippen LogP contribution in [-0.4, -0.2) is 17.1 Å². The van der Waals surface area contributed by atoms with Crippen molar-refractivity contribution in [2.75, 3.05) is 0 Å². The third-order valence-corrected chi connectivity index (χ3v) is 5.26. The molecular formula is C26H18F3NO2. The van der Waals surface area contributed by atoms with Crippen molar-refractivity contribution >= 4 is 29.6 Å². The summed E-state index contributed by atoms with van der Waals surface area (Å²) in [7, 11) is 0. The van der Waals surface area contributed by atoms with Gasteiger partial charge < -0.3 is 4.57 Å². The number of hydrogen-bond acceptors (Lipinski definition) is 2. The third-order valence-electron chi connectivity index (χ3n) is 5.26. The summed E-state index contributed by atoms with van der Waals surface area (Å²) in [6.07, 6.45) is 3.91. The zero-order chi connectivity index (χ0) is 22.7. The Hall–Kier alpha value is -3.93. The van der Waals surface area contributed by atoms with E-state index in [9.17, 15) is 22.8 Å². The normalized spacial score (nSPS) is 12.0. The molecule has 1 aromatic heterocycles. The van der Waals surface area contributed by atoms with E-state index in [0.717, 1.165) is 40.2 Å². The van der Waals surface area contributed by atoms with Gasteiger partial charge in [0.2, 0.25) is 0 Å². The molecule has 5 rings (SSSR count). The number of allylic oxidation sites excluding steroid dienone is 1. The first-order valence-corrected chi connectivity index (χ1v) is 9.89. The zero-order valence-electron chi connectivity index (χ0n) is 16.9. The van der Waals surface area contributed by atoms with Gasteiger partial charge in [0, 0.05) is 18.4 Å². The standard InChI is InChI=1S/C16H11F2NO.C10H7FO/c17-13-4-1-11(2-5-13)9-19-15(10-20)7-12-3-6-14(18)8-16(12)19;11-10-2-1-8-3-7(6-12)4-9(8)5-10/h1-8,10H,9H2;1-3,5-6H,4H2. The summed E-state index contributed by atoms with van der Waals surface area (Å²) >= 11 is 0. The number of nitrogens with zero attached hydrogens (tertiary/aromatic N) is 1. The molecule has 1 aliphatic rings. The summed E-state index contributed by atoms with van der Waals surface area (Å²) in [4.78, 5) is 21.6. The minimum Gasteiger partial charge on any atom is -0.334 e. The van der Waals surface area contributed by atoms with Crippen molar-refractivity contribution in [3.05, 3.63) is 112 Å². The number of fused-ring (bicyclic) bond motifs is 2. The lowest BCUT2D eigenvalue weighted by Gasteiger charge is -2.08. The molecule has 3 nitrogen and oxygen atoms in total. The molecule has 4 aromatic rings. The van der Waals surface area contributed by atoms with E-state index in [1.165, 1.54) is 36.4 Å². The van der Waals surface area contributed by atoms with Crippen LogP contribution in [0.15, 0.2) is 72.3 Å². The van der Waals surface area contributed by atoms with Gasteiger partial charge in [0.15, 0.2) is 6.29 Å². The summed E-state index contributed by atoms with van der Waals surface area (Å²) in [5.74, 6) is -0.907. The fourth-order valence-electron chi connectivity index (χ4n) is 3.71. The first-order valence-electron chi connectivity index (χ1n) is 9.89. The second-order valence-corrected chi connectivity index (χ2v) is 7.46. The summed E-state index contributed by atoms with van der Waals surface area (Å²) in [6.45, 7) is 0.390. The molecule has 0 saturated carbocycles. The molecule has 0 atom stereocenters. The van der Waals surface area contributed by atoms with Crippen LogP contribution < -0.4 is 0 Å². The quantitative estimate of drug-likeness (QED) is 0.385. The molecule has 3 aromatic carbocycles. The van der Waals surface area contributed by atoms with E-state index in [1.807, 2.05) is 0 Å². The highest BCUT2D eigenvalue weighted by atomic mass is 19.1. The molecule has 0 N–H and O–H groups in total. The Balaban J connectivity index is 0.000000174. The Bertz CT molecular complexity index is 1340. The lowest BCUT2D eigenvalue weighted by atomic mass is 10.1. The molecule has 0 aliphatic heterocycles. The number of hydrogen-bond donors (Lipinski definition) is 0. The van der Waals surface area contributed by atoms with Crippen molar-refractivity contribution in [3.8, 4) is 0 Å². The molecule has 0 fully saturated rings. The van der Waals surface area contributed by atoms with Crippen molar-refractivity contribution in [1.29, 1.82) is 0 Å². The Morgan fingerprint density at radius 3 is 2.19 bits per heavy atom. The van der Waals surface area contributed by atoms with Crippen molar-refractivity contribution in [1.82, 2.24) is 4.57 Å². The van der Waals surface area contributed by atoms with Gasteiger partial charge in [0.25, 0.3) is 0 Å². The van der Waals surface area contributed by atoms with Crippen molar-refractivity contribution < 1.29 is 22.8 Å². The molecule has 0 saturated heterocycles. The minimum absolute atomic E-state index is 0.241. The highest BCUT2D eigenvalue weighted by Crippen LogP contribution is 2.24. The predicted octanol–water partition coefficient (Wildman–Crippen LogP) is 5.74. The summed E-state index contributed by atoms with van der Waals surface area (Å²) in [6, 6.07) is 16.7. The second-order valence-electron chi connectivity index (χ2n) is 7.46. The van der Waals surface area contributed by atoms with Crippen LogP contribution in [0.5, 0.6) is 0 Å². The molecule has 1 aliphatic carbocycles. The van der Waals surface area contributed by atoms with Gasteiger partial charge in [-0.15, -0.1) is 0 Å². The van der Waals surface area contributed by atoms with Gasteiger partial charge in [-0.3, -0.25) is 9.59 Å². The smallest absolute Gasteiger partial charge is 0.166 e. The largest absolute Gasteiger partial charge is 0.334 e. The summed E-state index contributed by atoms with van der Waals surface area (Å²) in [5.41, 5.74) is 4.54. The fourth-order valence-corrected chi connectivity index (χ4v) is 3.71. The van der Waals surface area contributed by atoms with Crippen molar-refractivity contribution in [3.63, 3.8) is 0 Å². The van der Waals surface area contributed by atoms with Crippen LogP contribution in [0.3, 0.4) is 0 Å². The molecule has 0 radical (unpaired) electrons. The average Bonchev–Trinajstić information content (AvgIpc) is 3.36. The van der Waals surface area contributed by atoms with Crippen LogP contribution in [0, 0.1) is 17.5 Å². The topological polar surface area (TPSA) is 39.1 Å². The molecular weight excluding hydrogens is 415 g/mol. The van der Waals surface area contributed by atoms with Crippen LogP contribution in [0.4, 0.5) is 13.2 Å². The van der Waals surface area contributed by atoms with Gasteiger partial charge in [-0.2, -0.15) is 0 Å². The van der Waals surface area contributed by atoms with Gasteiger partial charge in [-0.25, -0.2) is 13.2 Å². The molecule has 32 heavy (non-hydrogen) atoms. The van der Waals surface area contributed by atoms with E-state index in [4.69, 9.17) is 0 Å². The number of carbonyl (C=O) groups excluding carboxylic acids is 2. The Labute approximate surface area is 182 Å².